The van der Waals surface area contributed by atoms with E-state index < -0.39 is 5.91 Å². The molecular weight excluding hydrogens is 328 g/mol. The molecule has 1 aliphatic rings. The fourth-order valence-electron chi connectivity index (χ4n) is 3.36. The Morgan fingerprint density at radius 2 is 2.27 bits per heavy atom. The van der Waals surface area contributed by atoms with Gasteiger partial charge < -0.3 is 20.7 Å². The Bertz CT molecular complexity index is 616. The normalized spacial score (nSPS) is 17.6. The van der Waals surface area contributed by atoms with Gasteiger partial charge in [-0.2, -0.15) is 0 Å². The fraction of sp³-hybridized carbons (Fsp3) is 0.600. The van der Waals surface area contributed by atoms with Crippen LogP contribution in [-0.2, 0) is 11.3 Å². The zero-order chi connectivity index (χ0) is 18.9. The Kier molecular flexibility index (Phi) is 7.75. The first kappa shape index (κ1) is 20.1. The molecule has 1 heterocycles. The summed E-state index contributed by atoms with van der Waals surface area (Å²) in [5, 5.41) is 3.41. The summed E-state index contributed by atoms with van der Waals surface area (Å²) in [6.45, 7) is 10.1. The number of nitrogens with two attached hydrogens (primary N) is 1. The number of aliphatic imine (C=N–C) groups is 1. The third-order valence-electron chi connectivity index (χ3n) is 4.42. The van der Waals surface area contributed by atoms with E-state index in [1.54, 1.807) is 0 Å². The molecule has 1 saturated heterocycles. The second-order valence-corrected chi connectivity index (χ2v) is 7.30. The Morgan fingerprint density at radius 3 is 2.96 bits per heavy atom. The van der Waals surface area contributed by atoms with Crippen molar-refractivity contribution in [3.8, 4) is 5.75 Å². The number of carbonyl (C=O) groups is 1. The summed E-state index contributed by atoms with van der Waals surface area (Å²) >= 11 is 0. The second kappa shape index (κ2) is 10.0. The lowest BCUT2D eigenvalue weighted by Gasteiger charge is -2.22. The van der Waals surface area contributed by atoms with Crippen LogP contribution in [0.15, 0.2) is 29.3 Å². The molecule has 3 N–H and O–H groups in total. The first-order chi connectivity index (χ1) is 12.5. The van der Waals surface area contributed by atoms with E-state index in [-0.39, 0.29) is 6.61 Å². The van der Waals surface area contributed by atoms with Gasteiger partial charge in [0.05, 0.1) is 6.54 Å². The molecule has 1 atom stereocenters. The summed E-state index contributed by atoms with van der Waals surface area (Å²) in [5.74, 6) is 2.63. The number of primary amides is 1. The maximum Gasteiger partial charge on any atom is 0.255 e. The molecule has 1 aromatic rings. The molecule has 1 unspecified atom stereocenters. The predicted octanol–water partition coefficient (Wildman–Crippen LogP) is 2.38. The van der Waals surface area contributed by atoms with Crippen LogP contribution in [-0.4, -0.2) is 43.0 Å². The lowest BCUT2D eigenvalue weighted by atomic mass is 9.97. The van der Waals surface area contributed by atoms with Crippen molar-refractivity contribution in [1.82, 2.24) is 10.2 Å². The van der Waals surface area contributed by atoms with E-state index in [1.807, 2.05) is 24.3 Å². The van der Waals surface area contributed by atoms with Gasteiger partial charge in [-0.1, -0.05) is 26.0 Å². The maximum atomic E-state index is 10.8. The van der Waals surface area contributed by atoms with Crippen LogP contribution in [0.25, 0.3) is 0 Å². The largest absolute Gasteiger partial charge is 0.484 e. The van der Waals surface area contributed by atoms with Crippen LogP contribution in [0.5, 0.6) is 5.75 Å². The summed E-state index contributed by atoms with van der Waals surface area (Å²) in [6.07, 6.45) is 2.51. The van der Waals surface area contributed by atoms with Crippen molar-refractivity contribution in [1.29, 1.82) is 0 Å². The van der Waals surface area contributed by atoms with Crippen LogP contribution in [0, 0.1) is 11.8 Å². The van der Waals surface area contributed by atoms with Crippen molar-refractivity contribution in [2.75, 3.05) is 26.2 Å². The SMILES string of the molecule is CCNC(=NCc1cccc(OCC(N)=O)c1)N1CCC(CC(C)C)C1. The summed E-state index contributed by atoms with van der Waals surface area (Å²) in [4.78, 5) is 18.0. The van der Waals surface area contributed by atoms with Crippen LogP contribution in [0.4, 0.5) is 0 Å². The first-order valence-electron chi connectivity index (χ1n) is 9.51. The van der Waals surface area contributed by atoms with Gasteiger partial charge in [-0.05, 0) is 49.3 Å². The number of nitrogens with zero attached hydrogens (tertiary/aromatic N) is 2. The molecule has 1 amide bonds. The number of ether oxygens (including phenoxy) is 1. The topological polar surface area (TPSA) is 80.0 Å². The minimum atomic E-state index is -0.479. The quantitative estimate of drug-likeness (QED) is 0.551. The van der Waals surface area contributed by atoms with Gasteiger partial charge in [-0.3, -0.25) is 4.79 Å². The second-order valence-electron chi connectivity index (χ2n) is 7.30. The number of likely N-dealkylation sites (tertiary alicyclic amines) is 1. The van der Waals surface area contributed by atoms with Crippen molar-refractivity contribution in [2.45, 2.75) is 40.2 Å². The number of hydrogen-bond donors (Lipinski definition) is 2. The van der Waals surface area contributed by atoms with Gasteiger partial charge in [0.25, 0.3) is 5.91 Å². The van der Waals surface area contributed by atoms with Crippen LogP contribution >= 0.6 is 0 Å². The Morgan fingerprint density at radius 1 is 1.46 bits per heavy atom. The number of carbonyl (C=O) groups excluding carboxylic acids is 1. The number of benzene rings is 1. The molecule has 0 radical (unpaired) electrons. The van der Waals surface area contributed by atoms with Crippen LogP contribution < -0.4 is 15.8 Å². The molecule has 0 aromatic heterocycles. The third kappa shape index (κ3) is 6.58. The van der Waals surface area contributed by atoms with Crippen molar-refractivity contribution in [3.63, 3.8) is 0 Å². The molecular formula is C20H32N4O2. The van der Waals surface area contributed by atoms with Crippen LogP contribution in [0.3, 0.4) is 0 Å². The summed E-state index contributed by atoms with van der Waals surface area (Å²) in [7, 11) is 0. The van der Waals surface area contributed by atoms with E-state index >= 15 is 0 Å². The van der Waals surface area contributed by atoms with E-state index in [9.17, 15) is 4.79 Å². The molecule has 0 bridgehead atoms. The summed E-state index contributed by atoms with van der Waals surface area (Å²) in [6, 6.07) is 7.64. The highest BCUT2D eigenvalue weighted by Crippen LogP contribution is 2.23. The smallest absolute Gasteiger partial charge is 0.255 e. The van der Waals surface area contributed by atoms with Gasteiger partial charge in [-0.25, -0.2) is 4.99 Å². The van der Waals surface area contributed by atoms with Crippen molar-refractivity contribution >= 4 is 11.9 Å². The van der Waals surface area contributed by atoms with Gasteiger partial charge >= 0.3 is 0 Å². The Hall–Kier alpha value is -2.24. The number of amides is 1. The lowest BCUT2D eigenvalue weighted by molar-refractivity contribution is -0.119. The van der Waals surface area contributed by atoms with Gasteiger partial charge in [0.1, 0.15) is 5.75 Å². The minimum absolute atomic E-state index is 0.111. The first-order valence-corrected chi connectivity index (χ1v) is 9.51. The molecule has 0 aliphatic carbocycles. The predicted molar refractivity (Wildman–Crippen MR) is 105 cm³/mol. The third-order valence-corrected chi connectivity index (χ3v) is 4.42. The molecule has 0 saturated carbocycles. The molecule has 2 rings (SSSR count). The number of hydrogen-bond acceptors (Lipinski definition) is 3. The molecule has 1 fully saturated rings. The molecule has 6 heteroatoms. The van der Waals surface area contributed by atoms with Crippen molar-refractivity contribution in [2.24, 2.45) is 22.6 Å². The average molecular weight is 361 g/mol. The van der Waals surface area contributed by atoms with E-state index in [0.29, 0.717) is 12.3 Å². The standard InChI is InChI=1S/C20H32N4O2/c1-4-22-20(24-9-8-17(13-24)10-15(2)3)23-12-16-6-5-7-18(11-16)26-14-19(21)25/h5-7,11,15,17H,4,8-10,12-14H2,1-3H3,(H2,21,25)(H,22,23). The fourth-order valence-corrected chi connectivity index (χ4v) is 3.36. The molecule has 144 valence electrons. The van der Waals surface area contributed by atoms with E-state index in [0.717, 1.165) is 43.0 Å². The van der Waals surface area contributed by atoms with Crippen molar-refractivity contribution in [3.05, 3.63) is 29.8 Å². The van der Waals surface area contributed by atoms with Crippen LogP contribution in [0.1, 0.15) is 39.2 Å². The van der Waals surface area contributed by atoms with Crippen LogP contribution in [0.2, 0.25) is 0 Å². The van der Waals surface area contributed by atoms with Gasteiger partial charge in [-0.15, -0.1) is 0 Å². The number of guanidine groups is 1. The maximum absolute atomic E-state index is 10.8. The minimum Gasteiger partial charge on any atom is -0.484 e. The summed E-state index contributed by atoms with van der Waals surface area (Å²) < 4.78 is 5.36. The molecule has 1 aliphatic heterocycles. The highest BCUT2D eigenvalue weighted by atomic mass is 16.5. The zero-order valence-corrected chi connectivity index (χ0v) is 16.2. The Labute approximate surface area is 156 Å². The Balaban J connectivity index is 1.98. The monoisotopic (exact) mass is 360 g/mol. The zero-order valence-electron chi connectivity index (χ0n) is 16.2. The van der Waals surface area contributed by atoms with E-state index in [1.165, 1.54) is 12.8 Å². The molecule has 26 heavy (non-hydrogen) atoms. The molecule has 0 spiro atoms. The molecule has 6 nitrogen and oxygen atoms in total. The van der Waals surface area contributed by atoms with Gasteiger partial charge in [0.15, 0.2) is 12.6 Å². The molecule has 1 aromatic carbocycles. The number of nitrogens with one attached hydrogen (secondary N) is 1. The van der Waals surface area contributed by atoms with Gasteiger partial charge in [0.2, 0.25) is 0 Å². The summed E-state index contributed by atoms with van der Waals surface area (Å²) in [5.41, 5.74) is 6.16. The van der Waals surface area contributed by atoms with E-state index in [2.05, 4.69) is 31.0 Å². The highest BCUT2D eigenvalue weighted by Gasteiger charge is 2.25. The lowest BCUT2D eigenvalue weighted by Crippen LogP contribution is -2.40. The van der Waals surface area contributed by atoms with Gasteiger partial charge in [0, 0.05) is 19.6 Å². The van der Waals surface area contributed by atoms with E-state index in [4.69, 9.17) is 15.5 Å². The average Bonchev–Trinajstić information content (AvgIpc) is 3.04. The highest BCUT2D eigenvalue weighted by molar-refractivity contribution is 5.80. The van der Waals surface area contributed by atoms with Crippen molar-refractivity contribution < 1.29 is 9.53 Å². The number of rotatable bonds is 8.